The molecular formula is C16H23NO2. The summed E-state index contributed by atoms with van der Waals surface area (Å²) in [5, 5.41) is 9.55. The van der Waals surface area contributed by atoms with Crippen LogP contribution in [0.2, 0.25) is 0 Å². The highest BCUT2D eigenvalue weighted by Crippen LogP contribution is 2.37. The molecule has 3 heteroatoms. The monoisotopic (exact) mass is 261 g/mol. The quantitative estimate of drug-likeness (QED) is 0.908. The van der Waals surface area contributed by atoms with Crippen molar-refractivity contribution in [2.75, 3.05) is 26.8 Å². The molecule has 0 aromatic heterocycles. The van der Waals surface area contributed by atoms with E-state index in [2.05, 4.69) is 18.0 Å². The summed E-state index contributed by atoms with van der Waals surface area (Å²) >= 11 is 0. The number of rotatable bonds is 3. The summed E-state index contributed by atoms with van der Waals surface area (Å²) in [6.45, 7) is 2.97. The Morgan fingerprint density at radius 1 is 1.37 bits per heavy atom. The van der Waals surface area contributed by atoms with Gasteiger partial charge in [-0.1, -0.05) is 6.07 Å². The van der Waals surface area contributed by atoms with E-state index in [0.29, 0.717) is 17.7 Å². The predicted molar refractivity (Wildman–Crippen MR) is 75.3 cm³/mol. The predicted octanol–water partition coefficient (Wildman–Crippen LogP) is 2.74. The molecule has 104 valence electrons. The Hall–Kier alpha value is -1.06. The van der Waals surface area contributed by atoms with Gasteiger partial charge in [-0.2, -0.15) is 0 Å². The number of aryl methyl sites for hydroxylation is 1. The number of phenols is 1. The molecule has 19 heavy (non-hydrogen) atoms. The second-order valence-electron chi connectivity index (χ2n) is 5.96. The van der Waals surface area contributed by atoms with Crippen molar-refractivity contribution in [1.29, 1.82) is 0 Å². The first-order valence-corrected chi connectivity index (χ1v) is 7.34. The molecule has 1 aromatic rings. The van der Waals surface area contributed by atoms with Crippen LogP contribution in [0.25, 0.3) is 0 Å². The minimum atomic E-state index is 0.391. The van der Waals surface area contributed by atoms with Gasteiger partial charge >= 0.3 is 0 Å². The molecule has 0 amide bonds. The normalized spacial score (nSPS) is 26.6. The van der Waals surface area contributed by atoms with Crippen LogP contribution in [0.3, 0.4) is 0 Å². The van der Waals surface area contributed by atoms with Crippen LogP contribution in [0.1, 0.15) is 36.4 Å². The van der Waals surface area contributed by atoms with E-state index in [0.717, 1.165) is 26.2 Å². The Labute approximate surface area is 115 Å². The molecule has 0 spiro atoms. The van der Waals surface area contributed by atoms with Crippen molar-refractivity contribution in [2.24, 2.45) is 5.92 Å². The largest absolute Gasteiger partial charge is 0.508 e. The van der Waals surface area contributed by atoms with Gasteiger partial charge in [-0.15, -0.1) is 0 Å². The molecule has 1 heterocycles. The smallest absolute Gasteiger partial charge is 0.115 e. The lowest BCUT2D eigenvalue weighted by Crippen LogP contribution is -2.32. The zero-order valence-corrected chi connectivity index (χ0v) is 11.6. The van der Waals surface area contributed by atoms with Crippen LogP contribution in [0, 0.1) is 5.92 Å². The van der Waals surface area contributed by atoms with Crippen molar-refractivity contribution < 1.29 is 9.84 Å². The molecule has 1 aliphatic carbocycles. The van der Waals surface area contributed by atoms with Gasteiger partial charge < -0.3 is 9.84 Å². The van der Waals surface area contributed by atoms with E-state index in [1.807, 2.05) is 12.1 Å². The summed E-state index contributed by atoms with van der Waals surface area (Å²) in [5.41, 5.74) is 2.72. The van der Waals surface area contributed by atoms with Crippen molar-refractivity contribution in [3.63, 3.8) is 0 Å². The van der Waals surface area contributed by atoms with Crippen LogP contribution in [0.5, 0.6) is 5.75 Å². The van der Waals surface area contributed by atoms with E-state index >= 15 is 0 Å². The van der Waals surface area contributed by atoms with Gasteiger partial charge in [0.2, 0.25) is 0 Å². The van der Waals surface area contributed by atoms with Crippen LogP contribution in [-0.2, 0) is 11.2 Å². The van der Waals surface area contributed by atoms with Crippen molar-refractivity contribution in [3.05, 3.63) is 29.3 Å². The number of aromatic hydroxyl groups is 1. The fourth-order valence-electron chi connectivity index (χ4n) is 3.53. The van der Waals surface area contributed by atoms with Gasteiger partial charge in [0.15, 0.2) is 0 Å². The fraction of sp³-hybridized carbons (Fsp3) is 0.625. The molecule has 1 aromatic carbocycles. The van der Waals surface area contributed by atoms with E-state index in [1.54, 1.807) is 0 Å². The number of fused-ring (bicyclic) bond motifs is 1. The number of nitrogens with zero attached hydrogens (tertiary/aromatic N) is 1. The van der Waals surface area contributed by atoms with Crippen molar-refractivity contribution in [2.45, 2.75) is 31.7 Å². The van der Waals surface area contributed by atoms with Crippen molar-refractivity contribution in [1.82, 2.24) is 4.90 Å². The molecule has 3 nitrogen and oxygen atoms in total. The number of benzene rings is 1. The highest BCUT2D eigenvalue weighted by atomic mass is 16.5. The van der Waals surface area contributed by atoms with Crippen LogP contribution in [0.15, 0.2) is 18.2 Å². The molecule has 1 saturated heterocycles. The SMILES string of the molecule is CN(CC1CCCOC1)C1CCc2cc(O)ccc21. The standard InChI is InChI=1S/C16H23NO2/c1-17(10-12-3-2-8-19-11-12)16-7-4-13-9-14(18)5-6-15(13)16/h5-6,9,12,16,18H,2-4,7-8,10-11H2,1H3. The first kappa shape index (κ1) is 12.9. The third-order valence-electron chi connectivity index (χ3n) is 4.51. The summed E-state index contributed by atoms with van der Waals surface area (Å²) in [5.74, 6) is 1.07. The Morgan fingerprint density at radius 3 is 3.05 bits per heavy atom. The van der Waals surface area contributed by atoms with E-state index in [4.69, 9.17) is 4.74 Å². The number of hydrogen-bond donors (Lipinski definition) is 1. The van der Waals surface area contributed by atoms with Gasteiger partial charge in [-0.3, -0.25) is 4.90 Å². The molecule has 2 aliphatic rings. The van der Waals surface area contributed by atoms with Crippen LogP contribution in [0.4, 0.5) is 0 Å². The molecule has 1 fully saturated rings. The molecule has 1 N–H and O–H groups in total. The first-order chi connectivity index (χ1) is 9.24. The summed E-state index contributed by atoms with van der Waals surface area (Å²) in [7, 11) is 2.22. The maximum Gasteiger partial charge on any atom is 0.115 e. The summed E-state index contributed by atoms with van der Waals surface area (Å²) in [4.78, 5) is 2.47. The highest BCUT2D eigenvalue weighted by molar-refractivity contribution is 5.40. The number of ether oxygens (including phenoxy) is 1. The van der Waals surface area contributed by atoms with Gasteiger partial charge in [0.1, 0.15) is 5.75 Å². The third kappa shape index (κ3) is 2.77. The van der Waals surface area contributed by atoms with Crippen molar-refractivity contribution in [3.8, 4) is 5.75 Å². The Morgan fingerprint density at radius 2 is 2.26 bits per heavy atom. The summed E-state index contributed by atoms with van der Waals surface area (Å²) in [6.07, 6.45) is 4.75. The lowest BCUT2D eigenvalue weighted by atomic mass is 10.00. The molecule has 0 radical (unpaired) electrons. The molecule has 0 bridgehead atoms. The van der Waals surface area contributed by atoms with Crippen LogP contribution >= 0.6 is 0 Å². The van der Waals surface area contributed by atoms with E-state index in [1.165, 1.54) is 30.4 Å². The molecule has 1 aliphatic heterocycles. The van der Waals surface area contributed by atoms with Crippen LogP contribution < -0.4 is 0 Å². The molecule has 2 atom stereocenters. The van der Waals surface area contributed by atoms with Gasteiger partial charge in [-0.05, 0) is 61.9 Å². The zero-order chi connectivity index (χ0) is 13.2. The third-order valence-corrected chi connectivity index (χ3v) is 4.51. The van der Waals surface area contributed by atoms with Gasteiger partial charge in [-0.25, -0.2) is 0 Å². The topological polar surface area (TPSA) is 32.7 Å². The Kier molecular flexibility index (Phi) is 3.76. The van der Waals surface area contributed by atoms with Crippen molar-refractivity contribution >= 4 is 0 Å². The molecular weight excluding hydrogens is 238 g/mol. The second-order valence-corrected chi connectivity index (χ2v) is 5.96. The Bertz CT molecular complexity index is 440. The highest BCUT2D eigenvalue weighted by Gasteiger charge is 2.27. The van der Waals surface area contributed by atoms with E-state index < -0.39 is 0 Å². The average molecular weight is 261 g/mol. The fourth-order valence-corrected chi connectivity index (χ4v) is 3.53. The van der Waals surface area contributed by atoms with Gasteiger partial charge in [0, 0.05) is 19.2 Å². The maximum absolute atomic E-state index is 9.55. The zero-order valence-electron chi connectivity index (χ0n) is 11.6. The van der Waals surface area contributed by atoms with Gasteiger partial charge in [0.05, 0.1) is 6.61 Å². The molecule has 3 rings (SSSR count). The maximum atomic E-state index is 9.55. The molecule has 0 saturated carbocycles. The minimum absolute atomic E-state index is 0.391. The van der Waals surface area contributed by atoms with E-state index in [9.17, 15) is 5.11 Å². The Balaban J connectivity index is 1.67. The lowest BCUT2D eigenvalue weighted by Gasteiger charge is -2.31. The first-order valence-electron chi connectivity index (χ1n) is 7.34. The number of phenolic OH excluding ortho intramolecular Hbond substituents is 1. The van der Waals surface area contributed by atoms with Crippen LogP contribution in [-0.4, -0.2) is 36.8 Å². The number of hydrogen-bond acceptors (Lipinski definition) is 3. The summed E-state index contributed by atoms with van der Waals surface area (Å²) < 4.78 is 5.57. The minimum Gasteiger partial charge on any atom is -0.508 e. The average Bonchev–Trinajstić information content (AvgIpc) is 2.82. The second kappa shape index (κ2) is 5.51. The lowest BCUT2D eigenvalue weighted by molar-refractivity contribution is 0.0361. The van der Waals surface area contributed by atoms with Gasteiger partial charge in [0.25, 0.3) is 0 Å². The van der Waals surface area contributed by atoms with E-state index in [-0.39, 0.29) is 0 Å². The molecule has 2 unspecified atom stereocenters. The summed E-state index contributed by atoms with van der Waals surface area (Å²) in [6, 6.07) is 6.34.